The van der Waals surface area contributed by atoms with E-state index in [1.165, 1.54) is 12.1 Å². The van der Waals surface area contributed by atoms with Gasteiger partial charge in [0.15, 0.2) is 5.83 Å². The van der Waals surface area contributed by atoms with E-state index in [0.717, 1.165) is 5.69 Å². The highest BCUT2D eigenvalue weighted by atomic mass is 19.2. The van der Waals surface area contributed by atoms with Crippen molar-refractivity contribution in [3.05, 3.63) is 35.7 Å². The van der Waals surface area contributed by atoms with Crippen LogP contribution in [0, 0.1) is 0 Å². The molecule has 0 atom stereocenters. The minimum atomic E-state index is -1.91. The van der Waals surface area contributed by atoms with Crippen molar-refractivity contribution in [3.8, 4) is 0 Å². The van der Waals surface area contributed by atoms with Crippen molar-refractivity contribution in [2.45, 2.75) is 0 Å². The van der Waals surface area contributed by atoms with Crippen molar-refractivity contribution in [2.24, 2.45) is 0 Å². The summed E-state index contributed by atoms with van der Waals surface area (Å²) in [5.74, 6) is -5.05. The molecule has 0 fully saturated rings. The molecule has 3 nitrogen and oxygen atoms in total. The zero-order chi connectivity index (χ0) is 12.3. The number of benzene rings is 1. The Morgan fingerprint density at radius 1 is 1.19 bits per heavy atom. The zero-order valence-corrected chi connectivity index (χ0v) is 8.87. The Morgan fingerprint density at radius 3 is 2.06 bits per heavy atom. The first-order chi connectivity index (χ1) is 7.43. The zero-order valence-electron chi connectivity index (χ0n) is 8.87. The van der Waals surface area contributed by atoms with Crippen LogP contribution in [0.15, 0.2) is 30.1 Å². The number of anilines is 1. The first kappa shape index (κ1) is 12.2. The van der Waals surface area contributed by atoms with Crippen LogP contribution in [-0.4, -0.2) is 25.2 Å². The summed E-state index contributed by atoms with van der Waals surface area (Å²) in [7, 11) is 3.61. The third kappa shape index (κ3) is 2.56. The van der Waals surface area contributed by atoms with Gasteiger partial charge in [-0.05, 0) is 24.3 Å². The lowest BCUT2D eigenvalue weighted by atomic mass is 10.1. The van der Waals surface area contributed by atoms with Gasteiger partial charge in [-0.2, -0.15) is 4.39 Å². The number of hydrogen-bond acceptors (Lipinski definition) is 2. The van der Waals surface area contributed by atoms with Gasteiger partial charge in [0.1, 0.15) is 0 Å². The predicted molar refractivity (Wildman–Crippen MR) is 57.5 cm³/mol. The Balaban J connectivity index is 3.07. The van der Waals surface area contributed by atoms with Crippen LogP contribution in [-0.2, 0) is 4.79 Å². The summed E-state index contributed by atoms with van der Waals surface area (Å²) in [4.78, 5) is 12.0. The van der Waals surface area contributed by atoms with Crippen molar-refractivity contribution in [3.63, 3.8) is 0 Å². The van der Waals surface area contributed by atoms with Crippen molar-refractivity contribution in [2.75, 3.05) is 19.0 Å². The van der Waals surface area contributed by atoms with Gasteiger partial charge in [-0.15, -0.1) is 0 Å². The fraction of sp³-hybridized carbons (Fsp3) is 0.182. The highest BCUT2D eigenvalue weighted by molar-refractivity contribution is 5.92. The average molecular weight is 227 g/mol. The predicted octanol–water partition coefficient (Wildman–Crippen LogP) is 2.44. The maximum absolute atomic E-state index is 13.2. The van der Waals surface area contributed by atoms with Gasteiger partial charge in [0.25, 0.3) is 0 Å². The number of carbonyl (C=O) groups is 1. The van der Waals surface area contributed by atoms with Gasteiger partial charge in [0.05, 0.1) is 0 Å². The summed E-state index contributed by atoms with van der Waals surface area (Å²) in [5, 5.41) is 8.28. The maximum atomic E-state index is 13.2. The molecule has 0 saturated heterocycles. The van der Waals surface area contributed by atoms with Crippen LogP contribution >= 0.6 is 0 Å². The van der Waals surface area contributed by atoms with Crippen LogP contribution < -0.4 is 4.90 Å². The minimum absolute atomic E-state index is 0.0921. The molecule has 0 spiro atoms. The molecule has 0 aliphatic carbocycles. The van der Waals surface area contributed by atoms with E-state index in [9.17, 15) is 13.6 Å². The Bertz CT molecular complexity index is 424. The van der Waals surface area contributed by atoms with Gasteiger partial charge >= 0.3 is 5.97 Å². The first-order valence-corrected chi connectivity index (χ1v) is 4.50. The molecule has 16 heavy (non-hydrogen) atoms. The Hall–Kier alpha value is -1.91. The lowest BCUT2D eigenvalue weighted by molar-refractivity contribution is -0.134. The third-order valence-electron chi connectivity index (χ3n) is 2.02. The fourth-order valence-corrected chi connectivity index (χ4v) is 1.13. The van der Waals surface area contributed by atoms with Crippen LogP contribution in [0.2, 0.25) is 0 Å². The maximum Gasteiger partial charge on any atom is 0.367 e. The molecule has 0 aromatic heterocycles. The van der Waals surface area contributed by atoms with Crippen molar-refractivity contribution in [1.82, 2.24) is 0 Å². The van der Waals surface area contributed by atoms with E-state index in [1.54, 1.807) is 31.1 Å². The van der Waals surface area contributed by atoms with Crippen molar-refractivity contribution in [1.29, 1.82) is 0 Å². The number of nitrogens with zero attached hydrogens (tertiary/aromatic N) is 1. The van der Waals surface area contributed by atoms with Crippen molar-refractivity contribution < 1.29 is 18.7 Å². The minimum Gasteiger partial charge on any atom is -0.476 e. The van der Waals surface area contributed by atoms with Gasteiger partial charge in [-0.3, -0.25) is 0 Å². The topological polar surface area (TPSA) is 40.5 Å². The molecule has 1 rings (SSSR count). The molecule has 0 aliphatic heterocycles. The average Bonchev–Trinajstić information content (AvgIpc) is 2.27. The summed E-state index contributed by atoms with van der Waals surface area (Å²) in [6.45, 7) is 0. The number of carboxylic acids is 1. The Kier molecular flexibility index (Phi) is 3.60. The van der Waals surface area contributed by atoms with E-state index in [2.05, 4.69) is 0 Å². The lowest BCUT2D eigenvalue weighted by Gasteiger charge is -2.12. The standard InChI is InChI=1S/C11H11F2NO2/c1-14(2)8-5-3-7(4-6-8)9(12)10(13)11(15)16/h3-6H,1-2H3,(H,15,16). The van der Waals surface area contributed by atoms with Crippen LogP contribution in [0.3, 0.4) is 0 Å². The summed E-state index contributed by atoms with van der Waals surface area (Å²) in [6, 6.07) is 5.80. The van der Waals surface area contributed by atoms with Crippen LogP contribution in [0.4, 0.5) is 14.5 Å². The number of halogens is 2. The van der Waals surface area contributed by atoms with Crippen molar-refractivity contribution >= 4 is 17.5 Å². The molecule has 0 radical (unpaired) electrons. The second-order valence-electron chi connectivity index (χ2n) is 3.37. The summed E-state index contributed by atoms with van der Waals surface area (Å²) < 4.78 is 26.0. The fourth-order valence-electron chi connectivity index (χ4n) is 1.13. The molecule has 5 heteroatoms. The van der Waals surface area contributed by atoms with E-state index in [-0.39, 0.29) is 5.56 Å². The molecule has 1 aromatic rings. The largest absolute Gasteiger partial charge is 0.476 e. The quantitative estimate of drug-likeness (QED) is 0.806. The van der Waals surface area contributed by atoms with E-state index < -0.39 is 17.6 Å². The third-order valence-corrected chi connectivity index (χ3v) is 2.02. The smallest absolute Gasteiger partial charge is 0.367 e. The van der Waals surface area contributed by atoms with E-state index >= 15 is 0 Å². The van der Waals surface area contributed by atoms with Crippen LogP contribution in [0.1, 0.15) is 5.56 Å². The second kappa shape index (κ2) is 4.74. The van der Waals surface area contributed by atoms with E-state index in [0.29, 0.717) is 0 Å². The molecule has 0 aliphatic rings. The second-order valence-corrected chi connectivity index (χ2v) is 3.37. The molecule has 0 saturated carbocycles. The number of rotatable bonds is 3. The molecule has 1 N–H and O–H groups in total. The van der Waals surface area contributed by atoms with Gasteiger partial charge in [0, 0.05) is 25.3 Å². The SMILES string of the molecule is CN(C)c1ccc(C(F)=C(F)C(=O)O)cc1. The van der Waals surface area contributed by atoms with Crippen LogP contribution in [0.5, 0.6) is 0 Å². The van der Waals surface area contributed by atoms with Gasteiger partial charge in [-0.25, -0.2) is 9.18 Å². The van der Waals surface area contributed by atoms with Crippen LogP contribution in [0.25, 0.3) is 5.83 Å². The monoisotopic (exact) mass is 227 g/mol. The van der Waals surface area contributed by atoms with Gasteiger partial charge in [-0.1, -0.05) is 0 Å². The van der Waals surface area contributed by atoms with Gasteiger partial charge < -0.3 is 10.0 Å². The first-order valence-electron chi connectivity index (χ1n) is 4.50. The molecule has 0 unspecified atom stereocenters. The molecule has 0 amide bonds. The molecule has 0 heterocycles. The van der Waals surface area contributed by atoms with E-state index in [1.807, 2.05) is 0 Å². The number of hydrogen-bond donors (Lipinski definition) is 1. The highest BCUT2D eigenvalue weighted by Gasteiger charge is 2.15. The molecule has 1 aromatic carbocycles. The van der Waals surface area contributed by atoms with E-state index in [4.69, 9.17) is 5.11 Å². The lowest BCUT2D eigenvalue weighted by Crippen LogP contribution is -2.08. The number of carboxylic acid groups (broad SMARTS) is 1. The Labute approximate surface area is 91.6 Å². The summed E-state index contributed by atoms with van der Waals surface area (Å²) >= 11 is 0. The highest BCUT2D eigenvalue weighted by Crippen LogP contribution is 2.23. The normalized spacial score (nSPS) is 12.0. The molecular formula is C11H11F2NO2. The number of aliphatic carboxylic acids is 1. The van der Waals surface area contributed by atoms with Gasteiger partial charge in [0.2, 0.25) is 5.83 Å². The molecule has 0 bridgehead atoms. The summed E-state index contributed by atoms with van der Waals surface area (Å²) in [6.07, 6.45) is 0. The molecular weight excluding hydrogens is 216 g/mol. The Morgan fingerprint density at radius 2 is 1.69 bits per heavy atom. The molecule has 86 valence electrons. The summed E-state index contributed by atoms with van der Waals surface area (Å²) in [5.41, 5.74) is 0.720.